The Kier molecular flexibility index (Phi) is 4.53. The number of carbonyl (C=O) groups is 1. The fourth-order valence-electron chi connectivity index (χ4n) is 2.69. The van der Waals surface area contributed by atoms with Gasteiger partial charge in [-0.1, -0.05) is 13.8 Å². The lowest BCUT2D eigenvalue weighted by Crippen LogP contribution is -2.48. The molecular weight excluding hydrogens is 294 g/mol. The van der Waals surface area contributed by atoms with Crippen molar-refractivity contribution in [1.29, 1.82) is 0 Å². The van der Waals surface area contributed by atoms with Gasteiger partial charge in [-0.25, -0.2) is 9.97 Å². The molecule has 0 aliphatic heterocycles. The molecule has 1 heterocycles. The lowest BCUT2D eigenvalue weighted by Gasteiger charge is -2.33. The van der Waals surface area contributed by atoms with E-state index < -0.39 is 0 Å². The van der Waals surface area contributed by atoms with Crippen LogP contribution in [0.15, 0.2) is 12.4 Å². The van der Waals surface area contributed by atoms with Gasteiger partial charge in [-0.15, -0.1) is 0 Å². The Hall–Kier alpha value is -1.69. The standard InChI is InChI=1S/C17H25N3O3/c1-17(2,10-21)15(12-5-6-12)20-16(22)13-7-19-14(8-18-13)23-9-11-3-4-11/h7-8,11-12,15,21H,3-6,9-10H2,1-2H3,(H,20,22). The number of aromatic nitrogens is 2. The highest BCUT2D eigenvalue weighted by molar-refractivity contribution is 5.92. The Labute approximate surface area is 136 Å². The van der Waals surface area contributed by atoms with Gasteiger partial charge < -0.3 is 15.2 Å². The molecular formula is C17H25N3O3. The van der Waals surface area contributed by atoms with Crippen molar-refractivity contribution in [3.05, 3.63) is 18.1 Å². The number of ether oxygens (including phenoxy) is 1. The van der Waals surface area contributed by atoms with Crippen LogP contribution in [0.3, 0.4) is 0 Å². The normalized spacial score (nSPS) is 19.3. The second-order valence-electron chi connectivity index (χ2n) is 7.43. The summed E-state index contributed by atoms with van der Waals surface area (Å²) in [5.41, 5.74) is -0.0689. The minimum absolute atomic E-state index is 0.0358. The first-order chi connectivity index (χ1) is 11.0. The number of nitrogens with zero attached hydrogens (tertiary/aromatic N) is 2. The van der Waals surface area contributed by atoms with E-state index in [4.69, 9.17) is 4.74 Å². The van der Waals surface area contributed by atoms with Crippen LogP contribution in [0.1, 0.15) is 50.0 Å². The summed E-state index contributed by atoms with van der Waals surface area (Å²) in [7, 11) is 0. The monoisotopic (exact) mass is 319 g/mol. The third-order valence-corrected chi connectivity index (χ3v) is 4.65. The number of hydrogen-bond donors (Lipinski definition) is 2. The van der Waals surface area contributed by atoms with Crippen molar-refractivity contribution in [3.8, 4) is 5.88 Å². The largest absolute Gasteiger partial charge is 0.476 e. The van der Waals surface area contributed by atoms with Crippen molar-refractivity contribution in [2.45, 2.75) is 45.6 Å². The molecule has 0 aromatic carbocycles. The van der Waals surface area contributed by atoms with Crippen molar-refractivity contribution in [2.75, 3.05) is 13.2 Å². The Balaban J connectivity index is 1.59. The summed E-state index contributed by atoms with van der Waals surface area (Å²) >= 11 is 0. The number of rotatable bonds is 8. The van der Waals surface area contributed by atoms with Crippen molar-refractivity contribution in [3.63, 3.8) is 0 Å². The second kappa shape index (κ2) is 6.43. The van der Waals surface area contributed by atoms with Gasteiger partial charge in [0.05, 0.1) is 25.6 Å². The van der Waals surface area contributed by atoms with E-state index in [9.17, 15) is 9.90 Å². The number of aliphatic hydroxyl groups excluding tert-OH is 1. The molecule has 0 spiro atoms. The third-order valence-electron chi connectivity index (χ3n) is 4.65. The zero-order valence-corrected chi connectivity index (χ0v) is 13.8. The molecule has 0 bridgehead atoms. The maximum Gasteiger partial charge on any atom is 0.271 e. The van der Waals surface area contributed by atoms with Crippen LogP contribution < -0.4 is 10.1 Å². The fraction of sp³-hybridized carbons (Fsp3) is 0.706. The molecule has 2 aliphatic rings. The minimum Gasteiger partial charge on any atom is -0.476 e. The van der Waals surface area contributed by atoms with Gasteiger partial charge in [0.2, 0.25) is 5.88 Å². The number of aliphatic hydroxyl groups is 1. The molecule has 1 unspecified atom stereocenters. The van der Waals surface area contributed by atoms with Crippen molar-refractivity contribution in [2.24, 2.45) is 17.3 Å². The topological polar surface area (TPSA) is 84.3 Å². The van der Waals surface area contributed by atoms with Crippen LogP contribution in [0.25, 0.3) is 0 Å². The van der Waals surface area contributed by atoms with Crippen molar-refractivity contribution in [1.82, 2.24) is 15.3 Å². The van der Waals surface area contributed by atoms with Gasteiger partial charge in [0.15, 0.2) is 0 Å². The summed E-state index contributed by atoms with van der Waals surface area (Å²) in [6.45, 7) is 4.65. The van der Waals surface area contributed by atoms with Crippen LogP contribution >= 0.6 is 0 Å². The summed E-state index contributed by atoms with van der Waals surface area (Å²) in [6.07, 6.45) is 7.57. The van der Waals surface area contributed by atoms with Gasteiger partial charge in [-0.3, -0.25) is 4.79 Å². The average molecular weight is 319 g/mol. The molecule has 1 aromatic rings. The number of carbonyl (C=O) groups excluding carboxylic acids is 1. The van der Waals surface area contributed by atoms with Crippen LogP contribution in [0.2, 0.25) is 0 Å². The lowest BCUT2D eigenvalue weighted by molar-refractivity contribution is 0.0767. The van der Waals surface area contributed by atoms with Crippen LogP contribution in [-0.4, -0.2) is 40.2 Å². The van der Waals surface area contributed by atoms with E-state index in [1.165, 1.54) is 25.2 Å². The first-order valence-electron chi connectivity index (χ1n) is 8.36. The van der Waals surface area contributed by atoms with Crippen LogP contribution in [0.5, 0.6) is 5.88 Å². The first-order valence-corrected chi connectivity index (χ1v) is 8.36. The molecule has 2 saturated carbocycles. The summed E-state index contributed by atoms with van der Waals surface area (Å²) in [5, 5.41) is 12.6. The van der Waals surface area contributed by atoms with Gasteiger partial charge in [-0.2, -0.15) is 0 Å². The third kappa shape index (κ3) is 4.19. The average Bonchev–Trinajstić information content (AvgIpc) is 3.44. The van der Waals surface area contributed by atoms with Gasteiger partial charge in [0.25, 0.3) is 5.91 Å². The number of hydrogen-bond acceptors (Lipinski definition) is 5. The Morgan fingerprint density at radius 3 is 2.61 bits per heavy atom. The SMILES string of the molecule is CC(C)(CO)C(NC(=O)c1cnc(OCC2CC2)cn1)C1CC1. The molecule has 23 heavy (non-hydrogen) atoms. The zero-order valence-electron chi connectivity index (χ0n) is 13.8. The molecule has 2 fully saturated rings. The Morgan fingerprint density at radius 1 is 1.35 bits per heavy atom. The predicted molar refractivity (Wildman–Crippen MR) is 85.1 cm³/mol. The molecule has 1 aromatic heterocycles. The predicted octanol–water partition coefficient (Wildman–Crippen LogP) is 1.79. The quantitative estimate of drug-likeness (QED) is 0.763. The highest BCUT2D eigenvalue weighted by Gasteiger charge is 2.42. The Morgan fingerprint density at radius 2 is 2.09 bits per heavy atom. The Bertz CT molecular complexity index is 551. The summed E-state index contributed by atoms with van der Waals surface area (Å²) in [5.74, 6) is 1.31. The molecule has 6 heteroatoms. The van der Waals surface area contributed by atoms with E-state index in [-0.39, 0.29) is 29.7 Å². The van der Waals surface area contributed by atoms with Gasteiger partial charge in [0, 0.05) is 11.5 Å². The van der Waals surface area contributed by atoms with E-state index in [2.05, 4.69) is 15.3 Å². The van der Waals surface area contributed by atoms with E-state index >= 15 is 0 Å². The van der Waals surface area contributed by atoms with Crippen molar-refractivity contribution >= 4 is 5.91 Å². The first kappa shape index (κ1) is 16.2. The summed E-state index contributed by atoms with van der Waals surface area (Å²) in [6, 6.07) is -0.0485. The zero-order chi connectivity index (χ0) is 16.4. The minimum atomic E-state index is -0.350. The van der Waals surface area contributed by atoms with Gasteiger partial charge in [0.1, 0.15) is 5.69 Å². The van der Waals surface area contributed by atoms with Crippen LogP contribution in [0.4, 0.5) is 0 Å². The molecule has 6 nitrogen and oxygen atoms in total. The fourth-order valence-corrected chi connectivity index (χ4v) is 2.69. The molecule has 2 N–H and O–H groups in total. The molecule has 3 rings (SSSR count). The van der Waals surface area contributed by atoms with Crippen LogP contribution in [-0.2, 0) is 0 Å². The molecule has 126 valence electrons. The van der Waals surface area contributed by atoms with Crippen molar-refractivity contribution < 1.29 is 14.6 Å². The van der Waals surface area contributed by atoms with E-state index in [0.717, 1.165) is 12.8 Å². The van der Waals surface area contributed by atoms with Gasteiger partial charge in [-0.05, 0) is 37.5 Å². The maximum atomic E-state index is 12.4. The highest BCUT2D eigenvalue weighted by Crippen LogP contribution is 2.40. The molecule has 1 atom stereocenters. The maximum absolute atomic E-state index is 12.4. The van der Waals surface area contributed by atoms with E-state index in [1.54, 1.807) is 0 Å². The van der Waals surface area contributed by atoms with E-state index in [1.807, 2.05) is 13.8 Å². The highest BCUT2D eigenvalue weighted by atomic mass is 16.5. The summed E-state index contributed by atoms with van der Waals surface area (Å²) < 4.78 is 5.53. The number of nitrogens with one attached hydrogen (secondary N) is 1. The second-order valence-corrected chi connectivity index (χ2v) is 7.43. The molecule has 0 saturated heterocycles. The molecule has 1 amide bonds. The van der Waals surface area contributed by atoms with E-state index in [0.29, 0.717) is 24.3 Å². The lowest BCUT2D eigenvalue weighted by atomic mass is 9.82. The summed E-state index contributed by atoms with van der Waals surface area (Å²) in [4.78, 5) is 20.7. The smallest absolute Gasteiger partial charge is 0.271 e. The number of amides is 1. The van der Waals surface area contributed by atoms with Crippen LogP contribution in [0, 0.1) is 17.3 Å². The molecule has 0 radical (unpaired) electrons. The van der Waals surface area contributed by atoms with Gasteiger partial charge >= 0.3 is 0 Å². The molecule has 2 aliphatic carbocycles.